The molecular weight excluding hydrogens is 504 g/mol. The number of rotatable bonds is 4. The molecule has 6 rings (SSSR count). The van der Waals surface area contributed by atoms with Crippen LogP contribution in [0, 0.1) is 5.92 Å². The van der Waals surface area contributed by atoms with Crippen LogP contribution in [0.5, 0.6) is 5.75 Å². The maximum atomic E-state index is 13.6. The zero-order valence-electron chi connectivity index (χ0n) is 21.4. The number of ether oxygens (including phenoxy) is 1. The highest BCUT2D eigenvalue weighted by molar-refractivity contribution is 6.30. The van der Waals surface area contributed by atoms with Crippen molar-refractivity contribution >= 4 is 45.4 Å². The van der Waals surface area contributed by atoms with Crippen LogP contribution in [0.1, 0.15) is 51.0 Å². The Labute approximate surface area is 224 Å². The van der Waals surface area contributed by atoms with Gasteiger partial charge in [-0.2, -0.15) is 0 Å². The van der Waals surface area contributed by atoms with Gasteiger partial charge in [0.25, 0.3) is 0 Å². The largest absolute Gasteiger partial charge is 0.488 e. The molecule has 3 aromatic carbocycles. The van der Waals surface area contributed by atoms with Crippen molar-refractivity contribution in [3.05, 3.63) is 58.9 Å². The Hall–Kier alpha value is -3.78. The van der Waals surface area contributed by atoms with E-state index in [4.69, 9.17) is 21.3 Å². The highest BCUT2D eigenvalue weighted by Gasteiger charge is 2.41. The van der Waals surface area contributed by atoms with Crippen LogP contribution in [-0.2, 0) is 11.4 Å². The third-order valence-corrected chi connectivity index (χ3v) is 8.01. The topological polar surface area (TPSA) is 108 Å². The van der Waals surface area contributed by atoms with Gasteiger partial charge >= 0.3 is 6.09 Å². The minimum atomic E-state index is -1.20. The van der Waals surface area contributed by atoms with Crippen molar-refractivity contribution in [3.63, 3.8) is 0 Å². The van der Waals surface area contributed by atoms with E-state index >= 15 is 0 Å². The van der Waals surface area contributed by atoms with Crippen LogP contribution in [-0.4, -0.2) is 44.1 Å². The number of hydrogen-bond acceptors (Lipinski definition) is 4. The fourth-order valence-corrected chi connectivity index (χ4v) is 6.06. The maximum Gasteiger partial charge on any atom is 0.405 e. The van der Waals surface area contributed by atoms with Crippen LogP contribution in [0.15, 0.2) is 42.5 Å². The van der Waals surface area contributed by atoms with Crippen molar-refractivity contribution in [1.29, 1.82) is 0 Å². The first-order chi connectivity index (χ1) is 18.2. The number of benzene rings is 3. The summed E-state index contributed by atoms with van der Waals surface area (Å²) in [5.41, 5.74) is 4.90. The monoisotopic (exact) mass is 532 g/mol. The summed E-state index contributed by atoms with van der Waals surface area (Å²) >= 11 is 6.19. The van der Waals surface area contributed by atoms with Crippen LogP contribution in [0.2, 0.25) is 5.02 Å². The SMILES string of the molecule is CC(C)C(NC(=O)O)C(=O)N1[C@@H](C)CC[C@H]1c1nc2c(ccc3cc4c(cc32)OCc2cc(Cl)ccc2-4)[nH]1. The first-order valence-electron chi connectivity index (χ1n) is 12.9. The number of halogens is 1. The molecule has 0 bridgehead atoms. The van der Waals surface area contributed by atoms with E-state index in [0.717, 1.165) is 57.1 Å². The number of H-pyrrole nitrogens is 1. The number of aromatic nitrogens is 2. The van der Waals surface area contributed by atoms with Crippen molar-refractivity contribution in [2.24, 2.45) is 5.92 Å². The molecule has 0 radical (unpaired) electrons. The van der Waals surface area contributed by atoms with Crippen molar-refractivity contribution in [2.45, 2.75) is 58.3 Å². The van der Waals surface area contributed by atoms with Gasteiger partial charge in [0.05, 0.1) is 17.1 Å². The molecule has 2 aliphatic heterocycles. The second kappa shape index (κ2) is 9.20. The number of nitrogens with one attached hydrogen (secondary N) is 2. The third-order valence-electron chi connectivity index (χ3n) is 7.78. The quantitative estimate of drug-likeness (QED) is 0.287. The number of likely N-dealkylation sites (tertiary alicyclic amines) is 1. The van der Waals surface area contributed by atoms with Crippen LogP contribution in [0.25, 0.3) is 32.9 Å². The molecule has 4 aromatic rings. The number of aromatic amines is 1. The highest BCUT2D eigenvalue weighted by Crippen LogP contribution is 2.43. The number of imidazole rings is 1. The molecule has 1 unspecified atom stereocenters. The molecular formula is C29H29ClN4O4. The number of fused-ring (bicyclic) bond motifs is 6. The van der Waals surface area contributed by atoms with Gasteiger partial charge in [-0.15, -0.1) is 0 Å². The first kappa shape index (κ1) is 24.6. The Morgan fingerprint density at radius 2 is 1.97 bits per heavy atom. The Morgan fingerprint density at radius 1 is 1.16 bits per heavy atom. The van der Waals surface area contributed by atoms with Crippen molar-refractivity contribution in [2.75, 3.05) is 0 Å². The fraction of sp³-hybridized carbons (Fsp3) is 0.345. The lowest BCUT2D eigenvalue weighted by Gasteiger charge is -2.32. The molecule has 9 heteroatoms. The van der Waals surface area contributed by atoms with E-state index < -0.39 is 12.1 Å². The number of carboxylic acid groups (broad SMARTS) is 1. The third kappa shape index (κ3) is 4.04. The zero-order valence-corrected chi connectivity index (χ0v) is 22.2. The highest BCUT2D eigenvalue weighted by atomic mass is 35.5. The van der Waals surface area contributed by atoms with Gasteiger partial charge < -0.3 is 25.0 Å². The van der Waals surface area contributed by atoms with E-state index in [0.29, 0.717) is 17.5 Å². The molecule has 8 nitrogen and oxygen atoms in total. The second-order valence-corrected chi connectivity index (χ2v) is 11.0. The number of carbonyl (C=O) groups excluding carboxylic acids is 1. The van der Waals surface area contributed by atoms with E-state index in [2.05, 4.69) is 22.4 Å². The van der Waals surface area contributed by atoms with Crippen LogP contribution in [0.3, 0.4) is 0 Å². The summed E-state index contributed by atoms with van der Waals surface area (Å²) in [7, 11) is 0. The minimum Gasteiger partial charge on any atom is -0.488 e. The summed E-state index contributed by atoms with van der Waals surface area (Å²) in [6, 6.07) is 13.0. The van der Waals surface area contributed by atoms with Gasteiger partial charge in [-0.25, -0.2) is 9.78 Å². The van der Waals surface area contributed by atoms with Gasteiger partial charge in [0.2, 0.25) is 5.91 Å². The number of amides is 2. The summed E-state index contributed by atoms with van der Waals surface area (Å²) in [6.07, 6.45) is 0.365. The van der Waals surface area contributed by atoms with Gasteiger partial charge in [0, 0.05) is 22.0 Å². The molecule has 2 amide bonds. The summed E-state index contributed by atoms with van der Waals surface area (Å²) in [5.74, 6) is 1.11. The second-order valence-electron chi connectivity index (χ2n) is 10.6. The normalized spacial score (nSPS) is 19.3. The van der Waals surface area contributed by atoms with Gasteiger partial charge in [-0.1, -0.05) is 37.6 Å². The average Bonchev–Trinajstić information content (AvgIpc) is 3.48. The van der Waals surface area contributed by atoms with Crippen LogP contribution in [0.4, 0.5) is 4.79 Å². The number of hydrogen-bond donors (Lipinski definition) is 3. The molecule has 0 spiro atoms. The van der Waals surface area contributed by atoms with Gasteiger partial charge in [-0.05, 0) is 72.5 Å². The predicted molar refractivity (Wildman–Crippen MR) is 146 cm³/mol. The molecule has 1 fully saturated rings. The lowest BCUT2D eigenvalue weighted by Crippen LogP contribution is -2.52. The molecule has 196 valence electrons. The molecule has 3 heterocycles. The summed E-state index contributed by atoms with van der Waals surface area (Å²) in [6.45, 7) is 6.14. The fourth-order valence-electron chi connectivity index (χ4n) is 5.86. The summed E-state index contributed by atoms with van der Waals surface area (Å²) < 4.78 is 6.11. The van der Waals surface area contributed by atoms with Crippen molar-refractivity contribution in [3.8, 4) is 16.9 Å². The Morgan fingerprint density at radius 3 is 2.74 bits per heavy atom. The molecule has 2 aliphatic rings. The van der Waals surface area contributed by atoms with Crippen molar-refractivity contribution in [1.82, 2.24) is 20.2 Å². The molecule has 38 heavy (non-hydrogen) atoms. The minimum absolute atomic E-state index is 0.0247. The Bertz CT molecular complexity index is 1600. The lowest BCUT2D eigenvalue weighted by atomic mass is 9.94. The molecule has 0 saturated carbocycles. The predicted octanol–water partition coefficient (Wildman–Crippen LogP) is 6.27. The van der Waals surface area contributed by atoms with E-state index in [1.54, 1.807) is 4.90 Å². The van der Waals surface area contributed by atoms with Crippen molar-refractivity contribution < 1.29 is 19.4 Å². The Balaban J connectivity index is 1.40. The van der Waals surface area contributed by atoms with E-state index in [1.807, 2.05) is 51.1 Å². The smallest absolute Gasteiger partial charge is 0.405 e. The lowest BCUT2D eigenvalue weighted by molar-refractivity contribution is -0.137. The molecule has 0 aliphatic carbocycles. The van der Waals surface area contributed by atoms with Crippen LogP contribution >= 0.6 is 11.6 Å². The molecule has 1 saturated heterocycles. The van der Waals surface area contributed by atoms with E-state index in [-0.39, 0.29) is 23.9 Å². The molecule has 1 aromatic heterocycles. The van der Waals surface area contributed by atoms with Gasteiger partial charge in [0.15, 0.2) is 0 Å². The maximum absolute atomic E-state index is 13.6. The van der Waals surface area contributed by atoms with E-state index in [1.165, 1.54) is 0 Å². The molecule has 3 N–H and O–H groups in total. The Kier molecular flexibility index (Phi) is 5.94. The molecule has 3 atom stereocenters. The van der Waals surface area contributed by atoms with Gasteiger partial charge in [-0.3, -0.25) is 4.79 Å². The first-order valence-corrected chi connectivity index (χ1v) is 13.3. The standard InChI is InChI=1S/C29H29ClN4O4/c1-14(2)25(33-29(36)37)28(35)34-15(3)4-9-23(34)27-31-22-8-5-16-11-21-19-7-6-18(30)10-17(19)13-38-24(21)12-20(16)26(22)32-27/h5-8,10-12,14-15,23,25,33H,4,9,13H2,1-3H3,(H,31,32)(H,36,37)/t15-,23-,25?/m0/s1. The summed E-state index contributed by atoms with van der Waals surface area (Å²) in [5, 5.41) is 14.4. The van der Waals surface area contributed by atoms with Crippen LogP contribution < -0.4 is 10.1 Å². The number of carbonyl (C=O) groups is 2. The zero-order chi connectivity index (χ0) is 26.7. The average molecular weight is 533 g/mol. The van der Waals surface area contributed by atoms with Gasteiger partial charge in [0.1, 0.15) is 24.2 Å². The number of nitrogens with zero attached hydrogens (tertiary/aromatic N) is 2. The van der Waals surface area contributed by atoms with E-state index in [9.17, 15) is 14.7 Å². The summed E-state index contributed by atoms with van der Waals surface area (Å²) in [4.78, 5) is 35.2.